The molecule has 2 rings (SSSR count). The first-order valence-corrected chi connectivity index (χ1v) is 5.01. The van der Waals surface area contributed by atoms with Gasteiger partial charge in [-0.05, 0) is 0 Å². The minimum Gasteiger partial charge on any atom is -0.378 e. The highest BCUT2D eigenvalue weighted by molar-refractivity contribution is 6.05. The van der Waals surface area contributed by atoms with E-state index in [-0.39, 0.29) is 5.91 Å². The van der Waals surface area contributed by atoms with Crippen molar-refractivity contribution in [3.05, 3.63) is 30.0 Å². The van der Waals surface area contributed by atoms with Crippen LogP contribution in [0.5, 0.6) is 0 Å². The predicted octanol–water partition coefficient (Wildman–Crippen LogP) is 0.556. The molecule has 0 aliphatic carbocycles. The molecule has 0 atom stereocenters. The van der Waals surface area contributed by atoms with Crippen molar-refractivity contribution in [2.75, 3.05) is 19.1 Å². The molecule has 0 saturated heterocycles. The first kappa shape index (κ1) is 11.3. The molecule has 0 aliphatic rings. The summed E-state index contributed by atoms with van der Waals surface area (Å²) >= 11 is 0. The zero-order valence-corrected chi connectivity index (χ0v) is 9.60. The summed E-state index contributed by atoms with van der Waals surface area (Å²) in [5, 5.41) is 6.59. The van der Waals surface area contributed by atoms with Gasteiger partial charge in [-0.1, -0.05) is 0 Å². The number of carbonyl (C=O) groups excluding carboxylic acids is 1. The molecule has 17 heavy (non-hydrogen) atoms. The van der Waals surface area contributed by atoms with Crippen molar-refractivity contribution < 1.29 is 9.53 Å². The Hall–Kier alpha value is -2.15. The lowest BCUT2D eigenvalue weighted by atomic mass is 10.2. The molecule has 7 heteroatoms. The smallest absolute Gasteiger partial charge is 0.262 e. The zero-order valence-electron chi connectivity index (χ0n) is 9.60. The quantitative estimate of drug-likeness (QED) is 0.810. The molecule has 2 N–H and O–H groups in total. The van der Waals surface area contributed by atoms with Gasteiger partial charge < -0.3 is 9.72 Å². The van der Waals surface area contributed by atoms with Crippen LogP contribution in [0.25, 0.3) is 0 Å². The molecule has 0 fully saturated rings. The molecular weight excluding hydrogens is 222 g/mol. The van der Waals surface area contributed by atoms with Crippen molar-refractivity contribution in [3.8, 4) is 0 Å². The number of aromatic amines is 2. The molecule has 2 aromatic rings. The van der Waals surface area contributed by atoms with E-state index in [2.05, 4.69) is 20.2 Å². The number of aromatic nitrogens is 4. The standard InChI is InChI=1S/C10H13N5O2/c1-15(9-4-11-6-12-9)10(16)7-3-13-14-8(7)5-17-2/h3-4,6H,5H2,1-2H3,(H,11,12)(H,13,14). The van der Waals surface area contributed by atoms with Gasteiger partial charge in [0.2, 0.25) is 0 Å². The van der Waals surface area contributed by atoms with Gasteiger partial charge in [-0.15, -0.1) is 0 Å². The Labute approximate surface area is 97.8 Å². The summed E-state index contributed by atoms with van der Waals surface area (Å²) in [5.74, 6) is 0.453. The molecule has 0 unspecified atom stereocenters. The van der Waals surface area contributed by atoms with Crippen LogP contribution in [-0.4, -0.2) is 40.2 Å². The molecule has 2 heterocycles. The van der Waals surface area contributed by atoms with E-state index in [9.17, 15) is 4.79 Å². The van der Waals surface area contributed by atoms with Gasteiger partial charge in [-0.2, -0.15) is 5.10 Å². The third-order valence-corrected chi connectivity index (χ3v) is 2.39. The van der Waals surface area contributed by atoms with E-state index < -0.39 is 0 Å². The van der Waals surface area contributed by atoms with Crippen LogP contribution in [0.3, 0.4) is 0 Å². The average molecular weight is 235 g/mol. The Morgan fingerprint density at radius 1 is 1.53 bits per heavy atom. The molecule has 0 saturated carbocycles. The summed E-state index contributed by atoms with van der Waals surface area (Å²) in [5.41, 5.74) is 1.15. The van der Waals surface area contributed by atoms with Crippen molar-refractivity contribution in [1.29, 1.82) is 0 Å². The van der Waals surface area contributed by atoms with Gasteiger partial charge in [0.25, 0.3) is 5.91 Å². The number of nitrogens with one attached hydrogen (secondary N) is 2. The second-order valence-electron chi connectivity index (χ2n) is 3.50. The van der Waals surface area contributed by atoms with Gasteiger partial charge in [-0.3, -0.25) is 14.8 Å². The number of H-pyrrole nitrogens is 2. The van der Waals surface area contributed by atoms with Crippen LogP contribution in [-0.2, 0) is 11.3 Å². The molecule has 0 radical (unpaired) electrons. The lowest BCUT2D eigenvalue weighted by molar-refractivity contribution is 0.0987. The first-order valence-electron chi connectivity index (χ1n) is 5.01. The lowest BCUT2D eigenvalue weighted by Gasteiger charge is -2.14. The number of imidazole rings is 1. The number of anilines is 1. The van der Waals surface area contributed by atoms with Crippen LogP contribution in [0.1, 0.15) is 16.1 Å². The summed E-state index contributed by atoms with van der Waals surface area (Å²) in [6.45, 7) is 0.317. The van der Waals surface area contributed by atoms with Gasteiger partial charge in [0, 0.05) is 14.2 Å². The van der Waals surface area contributed by atoms with Gasteiger partial charge >= 0.3 is 0 Å². The molecule has 0 aromatic carbocycles. The van der Waals surface area contributed by atoms with E-state index >= 15 is 0 Å². The molecule has 0 bridgehead atoms. The molecular formula is C10H13N5O2. The normalized spacial score (nSPS) is 10.5. The van der Waals surface area contributed by atoms with Gasteiger partial charge in [0.1, 0.15) is 5.82 Å². The summed E-state index contributed by atoms with van der Waals surface area (Å²) in [6.07, 6.45) is 4.59. The predicted molar refractivity (Wildman–Crippen MR) is 60.6 cm³/mol. The van der Waals surface area contributed by atoms with Crippen LogP contribution in [0, 0.1) is 0 Å². The summed E-state index contributed by atoms with van der Waals surface area (Å²) in [7, 11) is 3.23. The minimum atomic E-state index is -0.171. The van der Waals surface area contributed by atoms with Crippen molar-refractivity contribution in [2.24, 2.45) is 0 Å². The van der Waals surface area contributed by atoms with Crippen molar-refractivity contribution in [3.63, 3.8) is 0 Å². The summed E-state index contributed by atoms with van der Waals surface area (Å²) in [4.78, 5) is 20.4. The number of ether oxygens (including phenoxy) is 1. The van der Waals surface area contributed by atoms with Gasteiger partial charge in [0.05, 0.1) is 36.6 Å². The second kappa shape index (κ2) is 4.79. The number of amides is 1. The average Bonchev–Trinajstić information content (AvgIpc) is 2.98. The van der Waals surface area contributed by atoms with E-state index in [1.54, 1.807) is 20.4 Å². The topological polar surface area (TPSA) is 86.9 Å². The van der Waals surface area contributed by atoms with E-state index in [4.69, 9.17) is 4.74 Å². The fourth-order valence-corrected chi connectivity index (χ4v) is 1.47. The van der Waals surface area contributed by atoms with Crippen LogP contribution in [0.4, 0.5) is 5.82 Å². The third kappa shape index (κ3) is 2.18. The Morgan fingerprint density at radius 2 is 2.35 bits per heavy atom. The first-order chi connectivity index (χ1) is 8.24. The van der Waals surface area contributed by atoms with E-state index in [0.717, 1.165) is 0 Å². The summed E-state index contributed by atoms with van der Waals surface area (Å²) < 4.78 is 4.99. The van der Waals surface area contributed by atoms with Crippen LogP contribution in [0.15, 0.2) is 18.7 Å². The van der Waals surface area contributed by atoms with Crippen molar-refractivity contribution in [1.82, 2.24) is 20.2 Å². The fourth-order valence-electron chi connectivity index (χ4n) is 1.47. The van der Waals surface area contributed by atoms with E-state index in [1.807, 2.05) is 0 Å². The maximum Gasteiger partial charge on any atom is 0.262 e. The number of rotatable bonds is 4. The minimum absolute atomic E-state index is 0.171. The maximum atomic E-state index is 12.2. The Kier molecular flexibility index (Phi) is 3.20. The van der Waals surface area contributed by atoms with E-state index in [1.165, 1.54) is 17.4 Å². The summed E-state index contributed by atoms with van der Waals surface area (Å²) in [6, 6.07) is 0. The monoisotopic (exact) mass is 235 g/mol. The molecule has 2 aromatic heterocycles. The molecule has 0 spiro atoms. The molecule has 90 valence electrons. The van der Waals surface area contributed by atoms with Gasteiger partial charge in [-0.25, -0.2) is 4.98 Å². The highest BCUT2D eigenvalue weighted by Gasteiger charge is 2.19. The van der Waals surface area contributed by atoms with Gasteiger partial charge in [0.15, 0.2) is 0 Å². The molecule has 7 nitrogen and oxygen atoms in total. The SMILES string of the molecule is COCc1[nH]ncc1C(=O)N(C)c1cnc[nH]1. The number of methoxy groups -OCH3 is 1. The van der Waals surface area contributed by atoms with Crippen LogP contribution >= 0.6 is 0 Å². The molecule has 1 amide bonds. The number of hydrogen-bond donors (Lipinski definition) is 2. The highest BCUT2D eigenvalue weighted by Crippen LogP contribution is 2.13. The zero-order chi connectivity index (χ0) is 12.3. The van der Waals surface area contributed by atoms with Crippen LogP contribution in [0.2, 0.25) is 0 Å². The maximum absolute atomic E-state index is 12.2. The van der Waals surface area contributed by atoms with Crippen molar-refractivity contribution >= 4 is 11.7 Å². The third-order valence-electron chi connectivity index (χ3n) is 2.39. The lowest BCUT2D eigenvalue weighted by Crippen LogP contribution is -2.27. The Bertz CT molecular complexity index is 491. The largest absolute Gasteiger partial charge is 0.378 e. The molecule has 0 aliphatic heterocycles. The van der Waals surface area contributed by atoms with Crippen LogP contribution < -0.4 is 4.90 Å². The van der Waals surface area contributed by atoms with E-state index in [0.29, 0.717) is 23.7 Å². The van der Waals surface area contributed by atoms with Crippen molar-refractivity contribution in [2.45, 2.75) is 6.61 Å². The Morgan fingerprint density at radius 3 is 3.00 bits per heavy atom. The fraction of sp³-hybridized carbons (Fsp3) is 0.300. The number of hydrogen-bond acceptors (Lipinski definition) is 4. The Balaban J connectivity index is 2.22. The second-order valence-corrected chi connectivity index (χ2v) is 3.50. The number of nitrogens with zero attached hydrogens (tertiary/aromatic N) is 3. The highest BCUT2D eigenvalue weighted by atomic mass is 16.5. The number of carbonyl (C=O) groups is 1.